The van der Waals surface area contributed by atoms with Crippen molar-refractivity contribution < 1.29 is 9.90 Å². The molecule has 0 amide bonds. The summed E-state index contributed by atoms with van der Waals surface area (Å²) >= 11 is 0. The first-order valence-electron chi connectivity index (χ1n) is 10.6. The fraction of sp³-hybridized carbons (Fsp3) is 0.231. The van der Waals surface area contributed by atoms with Gasteiger partial charge in [0.2, 0.25) is 5.95 Å². The van der Waals surface area contributed by atoms with E-state index < -0.39 is 0 Å². The number of rotatable bonds is 8. The van der Waals surface area contributed by atoms with Gasteiger partial charge >= 0.3 is 0 Å². The summed E-state index contributed by atoms with van der Waals surface area (Å²) in [5.41, 5.74) is 7.01. The lowest BCUT2D eigenvalue weighted by Crippen LogP contribution is -2.15. The highest BCUT2D eigenvalue weighted by Gasteiger charge is 2.16. The third-order valence-corrected chi connectivity index (χ3v) is 5.60. The van der Waals surface area contributed by atoms with E-state index in [0.29, 0.717) is 24.5 Å². The number of ketones is 1. The Balaban J connectivity index is 1.62. The van der Waals surface area contributed by atoms with E-state index in [2.05, 4.69) is 43.4 Å². The van der Waals surface area contributed by atoms with E-state index in [1.54, 1.807) is 0 Å². The number of Topliss-reactive ketones (excluding diaryl/α,β-unsaturated/α-hetero) is 1. The Morgan fingerprint density at radius 2 is 1.65 bits per heavy atom. The Hall–Kier alpha value is -3.44. The van der Waals surface area contributed by atoms with Crippen LogP contribution < -0.4 is 5.32 Å². The third kappa shape index (κ3) is 4.52. The minimum absolute atomic E-state index is 0.0300. The van der Waals surface area contributed by atoms with Gasteiger partial charge in [-0.3, -0.25) is 4.79 Å². The van der Waals surface area contributed by atoms with Gasteiger partial charge in [0.15, 0.2) is 5.78 Å². The molecule has 4 aromatic rings. The maximum atomic E-state index is 13.1. The number of aliphatic hydroxyl groups excluding tert-OH is 1. The Labute approximate surface area is 182 Å². The molecule has 4 rings (SSSR count). The number of fused-ring (bicyclic) bond motifs is 1. The van der Waals surface area contributed by atoms with Gasteiger partial charge in [0.05, 0.1) is 17.6 Å². The van der Waals surface area contributed by atoms with Crippen LogP contribution in [0.4, 0.5) is 5.95 Å². The number of nitrogens with zero attached hydrogens (tertiary/aromatic N) is 2. The summed E-state index contributed by atoms with van der Waals surface area (Å²) in [7, 11) is 0. The topological polar surface area (TPSA) is 67.2 Å². The summed E-state index contributed by atoms with van der Waals surface area (Å²) < 4.78 is 1.94. The minimum Gasteiger partial charge on any atom is -0.396 e. The fourth-order valence-electron chi connectivity index (χ4n) is 3.67. The zero-order valence-electron chi connectivity index (χ0n) is 17.9. The second-order valence-electron chi connectivity index (χ2n) is 7.82. The molecule has 158 valence electrons. The number of nitrogens with one attached hydrogen (secondary N) is 1. The smallest absolute Gasteiger partial charge is 0.204 e. The van der Waals surface area contributed by atoms with Crippen LogP contribution in [0.1, 0.15) is 27.9 Å². The number of hydrogen-bond donors (Lipinski definition) is 2. The van der Waals surface area contributed by atoms with E-state index >= 15 is 0 Å². The van der Waals surface area contributed by atoms with Gasteiger partial charge in [-0.15, -0.1) is 0 Å². The summed E-state index contributed by atoms with van der Waals surface area (Å²) in [6.45, 7) is 5.03. The molecule has 1 aromatic heterocycles. The average molecular weight is 414 g/mol. The highest BCUT2D eigenvalue weighted by atomic mass is 16.3. The highest BCUT2D eigenvalue weighted by molar-refractivity contribution is 5.97. The van der Waals surface area contributed by atoms with E-state index in [9.17, 15) is 4.79 Å². The summed E-state index contributed by atoms with van der Waals surface area (Å²) in [5.74, 6) is 0.685. The Bertz CT molecular complexity index is 1200. The molecule has 31 heavy (non-hydrogen) atoms. The molecule has 0 saturated heterocycles. The van der Waals surface area contributed by atoms with Crippen molar-refractivity contribution in [1.82, 2.24) is 9.55 Å². The summed E-state index contributed by atoms with van der Waals surface area (Å²) in [6.07, 6.45) is 0.621. The summed E-state index contributed by atoms with van der Waals surface area (Å²) in [5, 5.41) is 12.4. The van der Waals surface area contributed by atoms with Crippen molar-refractivity contribution in [3.8, 4) is 11.1 Å². The van der Waals surface area contributed by atoms with Crippen LogP contribution in [0.5, 0.6) is 0 Å². The monoisotopic (exact) mass is 413 g/mol. The van der Waals surface area contributed by atoms with E-state index in [-0.39, 0.29) is 18.9 Å². The maximum Gasteiger partial charge on any atom is 0.204 e. The molecule has 0 atom stereocenters. The molecule has 0 unspecified atom stereocenters. The maximum absolute atomic E-state index is 13.1. The molecule has 0 saturated carbocycles. The van der Waals surface area contributed by atoms with Crippen molar-refractivity contribution in [2.24, 2.45) is 0 Å². The van der Waals surface area contributed by atoms with Crippen LogP contribution in [0.15, 0.2) is 66.7 Å². The van der Waals surface area contributed by atoms with Gasteiger partial charge in [0.25, 0.3) is 0 Å². The molecule has 0 aliphatic carbocycles. The first kappa shape index (κ1) is 20.8. The molecule has 3 aromatic carbocycles. The van der Waals surface area contributed by atoms with E-state index in [1.807, 2.05) is 47.0 Å². The molecule has 0 spiro atoms. The molecule has 1 heterocycles. The molecule has 0 fully saturated rings. The number of carbonyl (C=O) groups is 1. The minimum atomic E-state index is 0.0300. The van der Waals surface area contributed by atoms with Crippen LogP contribution in [0.2, 0.25) is 0 Å². The van der Waals surface area contributed by atoms with Crippen LogP contribution in [-0.2, 0) is 6.54 Å². The second-order valence-corrected chi connectivity index (χ2v) is 7.82. The lowest BCUT2D eigenvalue weighted by molar-refractivity contribution is 0.0974. The number of aliphatic hydroxyl groups is 1. The van der Waals surface area contributed by atoms with Crippen molar-refractivity contribution >= 4 is 22.8 Å². The largest absolute Gasteiger partial charge is 0.396 e. The quantitative estimate of drug-likeness (QED) is 0.315. The van der Waals surface area contributed by atoms with Crippen LogP contribution in [0.3, 0.4) is 0 Å². The number of carbonyl (C=O) groups excluding carboxylic acids is 1. The molecule has 0 bridgehead atoms. The zero-order chi connectivity index (χ0) is 21.8. The molecule has 0 aliphatic rings. The highest BCUT2D eigenvalue weighted by Crippen LogP contribution is 2.25. The lowest BCUT2D eigenvalue weighted by Gasteiger charge is -2.11. The molecule has 2 N–H and O–H groups in total. The van der Waals surface area contributed by atoms with Gasteiger partial charge in [-0.05, 0) is 54.7 Å². The van der Waals surface area contributed by atoms with Crippen molar-refractivity contribution in [2.75, 3.05) is 18.5 Å². The van der Waals surface area contributed by atoms with Gasteiger partial charge < -0.3 is 15.0 Å². The van der Waals surface area contributed by atoms with Crippen molar-refractivity contribution in [3.63, 3.8) is 0 Å². The SMILES string of the molecule is Cc1cc2nc(NCCCO)n(CC(=O)c3ccc(-c4ccccc4)cc3)c2cc1C. The van der Waals surface area contributed by atoms with Gasteiger partial charge in [-0.1, -0.05) is 54.6 Å². The van der Waals surface area contributed by atoms with Crippen molar-refractivity contribution in [2.45, 2.75) is 26.8 Å². The second kappa shape index (κ2) is 9.14. The molecule has 0 aliphatic heterocycles. The molecule has 5 heteroatoms. The number of aromatic nitrogens is 2. The molecule has 5 nitrogen and oxygen atoms in total. The fourth-order valence-corrected chi connectivity index (χ4v) is 3.67. The Morgan fingerprint density at radius 1 is 0.968 bits per heavy atom. The molecular formula is C26H27N3O2. The standard InChI is InChI=1S/C26H27N3O2/c1-18-15-23-24(16-19(18)2)29(26(28-23)27-13-6-14-30)17-25(31)22-11-9-21(10-12-22)20-7-4-3-5-8-20/h3-5,7-12,15-16,30H,6,13-14,17H2,1-2H3,(H,27,28). The van der Waals surface area contributed by atoms with Crippen molar-refractivity contribution in [1.29, 1.82) is 0 Å². The van der Waals surface area contributed by atoms with Gasteiger partial charge in [0, 0.05) is 18.7 Å². The zero-order valence-corrected chi connectivity index (χ0v) is 17.9. The predicted molar refractivity (Wildman–Crippen MR) is 126 cm³/mol. The number of imidazole rings is 1. The van der Waals surface area contributed by atoms with Gasteiger partial charge in [-0.2, -0.15) is 0 Å². The average Bonchev–Trinajstić information content (AvgIpc) is 3.11. The van der Waals surface area contributed by atoms with Crippen LogP contribution >= 0.6 is 0 Å². The Kier molecular flexibility index (Phi) is 6.14. The molecular weight excluding hydrogens is 386 g/mol. The summed E-state index contributed by atoms with van der Waals surface area (Å²) in [4.78, 5) is 17.8. The lowest BCUT2D eigenvalue weighted by atomic mass is 10.0. The first-order chi connectivity index (χ1) is 15.1. The van der Waals surface area contributed by atoms with Gasteiger partial charge in [0.1, 0.15) is 0 Å². The number of hydrogen-bond acceptors (Lipinski definition) is 4. The number of anilines is 1. The van der Waals surface area contributed by atoms with Gasteiger partial charge in [-0.25, -0.2) is 4.98 Å². The first-order valence-corrected chi connectivity index (χ1v) is 10.6. The summed E-state index contributed by atoms with van der Waals surface area (Å²) in [6, 6.07) is 22.0. The van der Waals surface area contributed by atoms with Crippen LogP contribution in [0.25, 0.3) is 22.2 Å². The van der Waals surface area contributed by atoms with Crippen LogP contribution in [0, 0.1) is 13.8 Å². The Morgan fingerprint density at radius 3 is 2.35 bits per heavy atom. The number of benzene rings is 3. The predicted octanol–water partition coefficient (Wildman–Crippen LogP) is 5.00. The van der Waals surface area contributed by atoms with E-state index in [0.717, 1.165) is 27.7 Å². The van der Waals surface area contributed by atoms with E-state index in [4.69, 9.17) is 10.1 Å². The van der Waals surface area contributed by atoms with Crippen LogP contribution in [-0.4, -0.2) is 33.6 Å². The molecule has 0 radical (unpaired) electrons. The third-order valence-electron chi connectivity index (χ3n) is 5.60. The number of aryl methyl sites for hydroxylation is 2. The van der Waals surface area contributed by atoms with E-state index in [1.165, 1.54) is 5.56 Å². The van der Waals surface area contributed by atoms with Crippen molar-refractivity contribution in [3.05, 3.63) is 83.4 Å². The normalized spacial score (nSPS) is 11.1.